The maximum absolute atomic E-state index is 12.5. The van der Waals surface area contributed by atoms with E-state index in [0.29, 0.717) is 4.32 Å². The van der Waals surface area contributed by atoms with Crippen molar-refractivity contribution in [2.45, 2.75) is 70.1 Å². The van der Waals surface area contributed by atoms with Crippen LogP contribution in [0.15, 0.2) is 0 Å². The number of thiocarbonyl (C=S) groups is 1. The van der Waals surface area contributed by atoms with Crippen LogP contribution < -0.4 is 10.6 Å². The van der Waals surface area contributed by atoms with E-state index in [-0.39, 0.29) is 22.7 Å². The Labute approximate surface area is 166 Å². The number of hydrogen-bond donors (Lipinski definition) is 2. The molecule has 0 spiro atoms. The Hall–Kier alpha value is -0.820. The first kappa shape index (κ1) is 19.9. The predicted octanol–water partition coefficient (Wildman–Crippen LogP) is 3.53. The molecule has 1 atom stereocenters. The summed E-state index contributed by atoms with van der Waals surface area (Å²) in [5.74, 6) is 2.02. The van der Waals surface area contributed by atoms with Crippen LogP contribution in [0.1, 0.15) is 59.3 Å². The Morgan fingerprint density at radius 1 is 1.12 bits per heavy atom. The fraction of sp³-hybridized carbons (Fsp3) is 0.842. The summed E-state index contributed by atoms with van der Waals surface area (Å²) in [4.78, 5) is 26.9. The number of urea groups is 1. The van der Waals surface area contributed by atoms with Crippen molar-refractivity contribution < 1.29 is 9.59 Å². The Balaban J connectivity index is 1.50. The van der Waals surface area contributed by atoms with E-state index < -0.39 is 0 Å². The number of thioether (sulfide) groups is 1. The third-order valence-corrected chi connectivity index (χ3v) is 7.90. The third kappa shape index (κ3) is 4.35. The van der Waals surface area contributed by atoms with E-state index in [1.54, 1.807) is 6.92 Å². The van der Waals surface area contributed by atoms with Crippen LogP contribution in [-0.4, -0.2) is 45.0 Å². The van der Waals surface area contributed by atoms with Crippen molar-refractivity contribution in [1.82, 2.24) is 15.5 Å². The number of rotatable bonds is 5. The summed E-state index contributed by atoms with van der Waals surface area (Å²) in [6.07, 6.45) is 7.23. The quantitative estimate of drug-likeness (QED) is 0.695. The molecule has 5 nitrogen and oxygen atoms in total. The molecule has 7 heteroatoms. The number of amides is 3. The summed E-state index contributed by atoms with van der Waals surface area (Å²) in [7, 11) is 0. The minimum atomic E-state index is -0.384. The van der Waals surface area contributed by atoms with Gasteiger partial charge in [-0.05, 0) is 77.0 Å². The van der Waals surface area contributed by atoms with Crippen molar-refractivity contribution in [2.75, 3.05) is 13.1 Å². The highest BCUT2D eigenvalue weighted by Crippen LogP contribution is 2.55. The van der Waals surface area contributed by atoms with Crippen LogP contribution in [0.2, 0.25) is 0 Å². The summed E-state index contributed by atoms with van der Waals surface area (Å²) in [6.45, 7) is 7.53. The highest BCUT2D eigenvalue weighted by atomic mass is 32.2. The average molecular weight is 398 g/mol. The summed E-state index contributed by atoms with van der Waals surface area (Å²) >= 11 is 6.74. The fourth-order valence-corrected chi connectivity index (χ4v) is 7.08. The van der Waals surface area contributed by atoms with E-state index in [0.717, 1.165) is 50.1 Å². The van der Waals surface area contributed by atoms with Gasteiger partial charge in [0.1, 0.15) is 4.32 Å². The Morgan fingerprint density at radius 2 is 1.62 bits per heavy atom. The van der Waals surface area contributed by atoms with Crippen LogP contribution in [0, 0.1) is 17.8 Å². The Kier molecular flexibility index (Phi) is 6.17. The number of imide groups is 1. The highest BCUT2D eigenvalue weighted by molar-refractivity contribution is 8.23. The standard InChI is InChI=1S/C19H31N3O2S2/c1-4-22(5-2)18(25)26-12(3)16(23)20-17(24)21-19-9-13-6-14(10-19)8-15(7-13)11-19/h12-15H,4-11H2,1-3H3,(H2,20,21,23,24)/t12-,13?,14?,15?,19?/m0/s1. The van der Waals surface area contributed by atoms with Gasteiger partial charge in [-0.1, -0.05) is 24.0 Å². The molecule has 0 aromatic carbocycles. The van der Waals surface area contributed by atoms with E-state index in [1.807, 2.05) is 18.7 Å². The zero-order valence-corrected chi connectivity index (χ0v) is 17.7. The molecular weight excluding hydrogens is 366 g/mol. The zero-order chi connectivity index (χ0) is 18.9. The summed E-state index contributed by atoms with van der Waals surface area (Å²) in [5.41, 5.74) is -0.0774. The first-order valence-electron chi connectivity index (χ1n) is 9.92. The molecule has 0 saturated heterocycles. The fourth-order valence-electron chi connectivity index (χ4n) is 5.51. The van der Waals surface area contributed by atoms with Crippen molar-refractivity contribution in [3.05, 3.63) is 0 Å². The Morgan fingerprint density at radius 3 is 2.08 bits per heavy atom. The molecule has 4 aliphatic rings. The maximum Gasteiger partial charge on any atom is 0.321 e. The van der Waals surface area contributed by atoms with Gasteiger partial charge in [0.25, 0.3) is 0 Å². The van der Waals surface area contributed by atoms with Gasteiger partial charge in [-0.2, -0.15) is 0 Å². The number of nitrogens with zero attached hydrogens (tertiary/aromatic N) is 1. The smallest absolute Gasteiger partial charge is 0.321 e. The molecule has 146 valence electrons. The number of carbonyl (C=O) groups is 2. The van der Waals surface area contributed by atoms with Crippen LogP contribution in [0.4, 0.5) is 4.79 Å². The van der Waals surface area contributed by atoms with Gasteiger partial charge in [-0.15, -0.1) is 0 Å². The van der Waals surface area contributed by atoms with E-state index in [4.69, 9.17) is 12.2 Å². The van der Waals surface area contributed by atoms with Crippen LogP contribution in [0.3, 0.4) is 0 Å². The van der Waals surface area contributed by atoms with Crippen molar-refractivity contribution in [1.29, 1.82) is 0 Å². The first-order valence-corrected chi connectivity index (χ1v) is 11.2. The first-order chi connectivity index (χ1) is 12.3. The summed E-state index contributed by atoms with van der Waals surface area (Å²) in [5, 5.41) is 5.35. The SMILES string of the molecule is CCN(CC)C(=S)S[C@@H](C)C(=O)NC(=O)NC12CC3CC(CC(C3)C1)C2. The lowest BCUT2D eigenvalue weighted by molar-refractivity contribution is -0.119. The van der Waals surface area contributed by atoms with Gasteiger partial charge in [-0.25, -0.2) is 4.79 Å². The van der Waals surface area contributed by atoms with E-state index in [1.165, 1.54) is 31.0 Å². The van der Waals surface area contributed by atoms with Gasteiger partial charge >= 0.3 is 6.03 Å². The second-order valence-corrected chi connectivity index (χ2v) is 10.3. The molecule has 0 heterocycles. The van der Waals surface area contributed by atoms with E-state index >= 15 is 0 Å². The second-order valence-electron chi connectivity index (χ2n) is 8.34. The van der Waals surface area contributed by atoms with Crippen LogP contribution >= 0.6 is 24.0 Å². The molecule has 4 bridgehead atoms. The molecule has 0 aromatic rings. The largest absolute Gasteiger partial charge is 0.358 e. The van der Waals surface area contributed by atoms with E-state index in [9.17, 15) is 9.59 Å². The van der Waals surface area contributed by atoms with Gasteiger partial charge in [-0.3, -0.25) is 10.1 Å². The maximum atomic E-state index is 12.5. The molecule has 0 radical (unpaired) electrons. The lowest BCUT2D eigenvalue weighted by Gasteiger charge is -2.56. The lowest BCUT2D eigenvalue weighted by Crippen LogP contribution is -2.62. The number of carbonyl (C=O) groups excluding carboxylic acids is 2. The molecular formula is C19H31N3O2S2. The molecule has 2 N–H and O–H groups in total. The van der Waals surface area contributed by atoms with Crippen LogP contribution in [0.25, 0.3) is 0 Å². The van der Waals surface area contributed by atoms with Crippen molar-refractivity contribution >= 4 is 40.2 Å². The van der Waals surface area contributed by atoms with Gasteiger partial charge in [0, 0.05) is 18.6 Å². The van der Waals surface area contributed by atoms with Gasteiger partial charge in [0.15, 0.2) is 0 Å². The molecule has 0 aromatic heterocycles. The predicted molar refractivity (Wildman–Crippen MR) is 110 cm³/mol. The van der Waals surface area contributed by atoms with Gasteiger partial charge < -0.3 is 10.2 Å². The monoisotopic (exact) mass is 397 g/mol. The topological polar surface area (TPSA) is 61.4 Å². The average Bonchev–Trinajstić information content (AvgIpc) is 2.53. The zero-order valence-electron chi connectivity index (χ0n) is 16.0. The second kappa shape index (κ2) is 8.05. The lowest BCUT2D eigenvalue weighted by atomic mass is 9.53. The van der Waals surface area contributed by atoms with Gasteiger partial charge in [0.05, 0.1) is 5.25 Å². The molecule has 4 aliphatic carbocycles. The molecule has 4 rings (SSSR count). The minimum Gasteiger partial charge on any atom is -0.358 e. The highest BCUT2D eigenvalue weighted by Gasteiger charge is 2.51. The normalized spacial score (nSPS) is 32.8. The van der Waals surface area contributed by atoms with Crippen molar-refractivity contribution in [3.8, 4) is 0 Å². The third-order valence-electron chi connectivity index (χ3n) is 6.32. The van der Waals surface area contributed by atoms with Crippen LogP contribution in [-0.2, 0) is 4.79 Å². The van der Waals surface area contributed by atoms with Crippen molar-refractivity contribution in [3.63, 3.8) is 0 Å². The molecule has 3 amide bonds. The van der Waals surface area contributed by atoms with Gasteiger partial charge in [0.2, 0.25) is 5.91 Å². The summed E-state index contributed by atoms with van der Waals surface area (Å²) < 4.78 is 0.708. The minimum absolute atomic E-state index is 0.0774. The number of hydrogen-bond acceptors (Lipinski definition) is 4. The molecule has 0 unspecified atom stereocenters. The van der Waals surface area contributed by atoms with Crippen LogP contribution in [0.5, 0.6) is 0 Å². The molecule has 26 heavy (non-hydrogen) atoms. The Bertz CT molecular complexity index is 542. The molecule has 0 aliphatic heterocycles. The van der Waals surface area contributed by atoms with E-state index in [2.05, 4.69) is 10.6 Å². The molecule has 4 fully saturated rings. The number of nitrogens with one attached hydrogen (secondary N) is 2. The summed E-state index contributed by atoms with van der Waals surface area (Å²) in [6, 6.07) is -0.335. The molecule has 4 saturated carbocycles. The van der Waals surface area contributed by atoms with Crippen molar-refractivity contribution in [2.24, 2.45) is 17.8 Å².